The molecule has 0 spiro atoms. The number of ketones is 1. The van der Waals surface area contributed by atoms with Crippen LogP contribution in [0.15, 0.2) is 46.1 Å². The molecule has 1 N–H and O–H groups in total. The molecular weight excluding hydrogens is 394 g/mol. The van der Waals surface area contributed by atoms with E-state index in [-0.39, 0.29) is 35.0 Å². The maximum Gasteiger partial charge on any atom is 0.329 e. The maximum absolute atomic E-state index is 13.5. The molecule has 0 unspecified atom stereocenters. The SMILES string of the molecule is Cc1cc(C#N)cc(C(=O)c2c(C(C)C)c(=O)[nH]c(=O)n2Cc2ccnc(C#N)c2)c1. The number of aromatic nitrogens is 3. The Morgan fingerprint density at radius 3 is 2.55 bits per heavy atom. The summed E-state index contributed by atoms with van der Waals surface area (Å²) in [6.45, 7) is 5.23. The van der Waals surface area contributed by atoms with E-state index >= 15 is 0 Å². The molecule has 8 heteroatoms. The predicted molar refractivity (Wildman–Crippen MR) is 113 cm³/mol. The van der Waals surface area contributed by atoms with Crippen LogP contribution in [0.25, 0.3) is 0 Å². The molecule has 2 aromatic heterocycles. The van der Waals surface area contributed by atoms with Crippen LogP contribution in [0.2, 0.25) is 0 Å². The molecule has 3 rings (SSSR count). The van der Waals surface area contributed by atoms with E-state index in [1.54, 1.807) is 39.0 Å². The van der Waals surface area contributed by atoms with E-state index in [9.17, 15) is 19.6 Å². The molecule has 0 atom stereocenters. The summed E-state index contributed by atoms with van der Waals surface area (Å²) in [6.07, 6.45) is 1.44. The van der Waals surface area contributed by atoms with Crippen molar-refractivity contribution in [1.29, 1.82) is 10.5 Å². The van der Waals surface area contributed by atoms with Gasteiger partial charge in [0.2, 0.25) is 5.78 Å². The molecule has 0 aliphatic heterocycles. The number of benzene rings is 1. The van der Waals surface area contributed by atoms with Crippen LogP contribution in [-0.4, -0.2) is 20.3 Å². The molecule has 0 saturated carbocycles. The Morgan fingerprint density at radius 2 is 1.90 bits per heavy atom. The molecule has 0 amide bonds. The van der Waals surface area contributed by atoms with Gasteiger partial charge in [0.1, 0.15) is 17.5 Å². The third-order valence-corrected chi connectivity index (χ3v) is 4.78. The van der Waals surface area contributed by atoms with Gasteiger partial charge in [-0.3, -0.25) is 19.1 Å². The first-order valence-corrected chi connectivity index (χ1v) is 9.53. The number of H-pyrrole nitrogens is 1. The van der Waals surface area contributed by atoms with E-state index in [0.717, 1.165) is 0 Å². The van der Waals surface area contributed by atoms with E-state index in [4.69, 9.17) is 5.26 Å². The lowest BCUT2D eigenvalue weighted by molar-refractivity contribution is 0.102. The summed E-state index contributed by atoms with van der Waals surface area (Å²) < 4.78 is 1.20. The minimum Gasteiger partial charge on any atom is -0.287 e. The monoisotopic (exact) mass is 413 g/mol. The number of aryl methyl sites for hydroxylation is 1. The van der Waals surface area contributed by atoms with Gasteiger partial charge < -0.3 is 0 Å². The molecule has 0 aliphatic rings. The first kappa shape index (κ1) is 21.4. The molecule has 3 aromatic rings. The lowest BCUT2D eigenvalue weighted by Gasteiger charge is -2.18. The first-order chi connectivity index (χ1) is 14.7. The summed E-state index contributed by atoms with van der Waals surface area (Å²) in [5, 5.41) is 18.4. The van der Waals surface area contributed by atoms with Crippen molar-refractivity contribution in [3.8, 4) is 12.1 Å². The Labute approximate surface area is 178 Å². The van der Waals surface area contributed by atoms with E-state index in [0.29, 0.717) is 16.7 Å². The number of nitrogens with one attached hydrogen (secondary N) is 1. The fourth-order valence-corrected chi connectivity index (χ4v) is 3.45. The molecule has 31 heavy (non-hydrogen) atoms. The summed E-state index contributed by atoms with van der Waals surface area (Å²) >= 11 is 0. The van der Waals surface area contributed by atoms with E-state index in [1.807, 2.05) is 12.1 Å². The van der Waals surface area contributed by atoms with E-state index in [2.05, 4.69) is 9.97 Å². The summed E-state index contributed by atoms with van der Waals surface area (Å²) in [7, 11) is 0. The predicted octanol–water partition coefficient (Wildman–Crippen LogP) is 2.39. The van der Waals surface area contributed by atoms with Crippen molar-refractivity contribution in [3.05, 3.63) is 96.6 Å². The third-order valence-electron chi connectivity index (χ3n) is 4.78. The molecule has 0 radical (unpaired) electrons. The molecule has 8 nitrogen and oxygen atoms in total. The van der Waals surface area contributed by atoms with Crippen LogP contribution in [0.5, 0.6) is 0 Å². The largest absolute Gasteiger partial charge is 0.329 e. The van der Waals surface area contributed by atoms with Crippen molar-refractivity contribution < 1.29 is 4.79 Å². The molecule has 0 aliphatic carbocycles. The topological polar surface area (TPSA) is 132 Å². The highest BCUT2D eigenvalue weighted by molar-refractivity contribution is 6.09. The normalized spacial score (nSPS) is 10.5. The fraction of sp³-hybridized carbons (Fsp3) is 0.217. The second-order valence-corrected chi connectivity index (χ2v) is 7.45. The van der Waals surface area contributed by atoms with Crippen molar-refractivity contribution in [2.24, 2.45) is 0 Å². The van der Waals surface area contributed by atoms with Gasteiger partial charge in [-0.05, 0) is 54.3 Å². The minimum atomic E-state index is -0.735. The molecule has 0 saturated heterocycles. The first-order valence-electron chi connectivity index (χ1n) is 9.53. The van der Waals surface area contributed by atoms with Gasteiger partial charge in [-0.2, -0.15) is 10.5 Å². The van der Waals surface area contributed by atoms with E-state index < -0.39 is 17.0 Å². The zero-order chi connectivity index (χ0) is 22.7. The van der Waals surface area contributed by atoms with Crippen LogP contribution in [-0.2, 0) is 6.54 Å². The van der Waals surface area contributed by atoms with Crippen LogP contribution in [0.1, 0.15) is 63.8 Å². The van der Waals surface area contributed by atoms with Crippen LogP contribution < -0.4 is 11.2 Å². The van der Waals surface area contributed by atoms with Gasteiger partial charge >= 0.3 is 5.69 Å². The van der Waals surface area contributed by atoms with E-state index in [1.165, 1.54) is 22.9 Å². The summed E-state index contributed by atoms with van der Waals surface area (Å²) in [5.41, 5.74) is 0.760. The van der Waals surface area contributed by atoms with Crippen molar-refractivity contribution >= 4 is 5.78 Å². The lowest BCUT2D eigenvalue weighted by Crippen LogP contribution is -2.38. The Hall–Kier alpha value is -4.30. The zero-order valence-electron chi connectivity index (χ0n) is 17.3. The smallest absolute Gasteiger partial charge is 0.287 e. The number of aromatic amines is 1. The van der Waals surface area contributed by atoms with Crippen LogP contribution >= 0.6 is 0 Å². The van der Waals surface area contributed by atoms with Gasteiger partial charge in [-0.15, -0.1) is 0 Å². The highest BCUT2D eigenvalue weighted by Gasteiger charge is 2.25. The Morgan fingerprint density at radius 1 is 1.16 bits per heavy atom. The Balaban J connectivity index is 2.29. The molecule has 154 valence electrons. The van der Waals surface area contributed by atoms with Crippen LogP contribution in [0.3, 0.4) is 0 Å². The van der Waals surface area contributed by atoms with Gasteiger partial charge in [0.25, 0.3) is 5.56 Å². The van der Waals surface area contributed by atoms with Gasteiger partial charge in [-0.1, -0.05) is 13.8 Å². The maximum atomic E-state index is 13.5. The average Bonchev–Trinajstić information content (AvgIpc) is 2.74. The van der Waals surface area contributed by atoms with Crippen molar-refractivity contribution in [2.75, 3.05) is 0 Å². The summed E-state index contributed by atoms with van der Waals surface area (Å²) in [5.74, 6) is -0.872. The summed E-state index contributed by atoms with van der Waals surface area (Å²) in [4.78, 5) is 45.1. The minimum absolute atomic E-state index is 0.0337. The molecule has 0 fully saturated rings. The molecule has 2 heterocycles. The van der Waals surface area contributed by atoms with Crippen molar-refractivity contribution in [2.45, 2.75) is 33.2 Å². The lowest BCUT2D eigenvalue weighted by atomic mass is 9.95. The van der Waals surface area contributed by atoms with Crippen LogP contribution in [0.4, 0.5) is 0 Å². The number of pyridine rings is 1. The van der Waals surface area contributed by atoms with Gasteiger partial charge in [0, 0.05) is 17.3 Å². The molecule has 0 bridgehead atoms. The number of hydrogen-bond acceptors (Lipinski definition) is 6. The highest BCUT2D eigenvalue weighted by Crippen LogP contribution is 2.20. The number of nitriles is 2. The van der Waals surface area contributed by atoms with Crippen molar-refractivity contribution in [1.82, 2.24) is 14.5 Å². The third kappa shape index (κ3) is 4.34. The van der Waals surface area contributed by atoms with Crippen LogP contribution in [0, 0.1) is 29.6 Å². The van der Waals surface area contributed by atoms with Gasteiger partial charge in [0.15, 0.2) is 0 Å². The second-order valence-electron chi connectivity index (χ2n) is 7.45. The second kappa shape index (κ2) is 8.60. The number of hydrogen-bond donors (Lipinski definition) is 1. The fourth-order valence-electron chi connectivity index (χ4n) is 3.45. The standard InChI is InChI=1S/C23H19N5O3/c1-13(2)19-20(21(29)17-7-14(3)6-16(8-17)10-24)28(23(31)27-22(19)30)12-15-4-5-26-18(9-15)11-25/h4-9,13H,12H2,1-3H3,(H,27,30,31). The number of carbonyl (C=O) groups is 1. The zero-order valence-corrected chi connectivity index (χ0v) is 17.3. The quantitative estimate of drug-likeness (QED) is 0.639. The average molecular weight is 413 g/mol. The Bertz CT molecular complexity index is 1380. The summed E-state index contributed by atoms with van der Waals surface area (Å²) in [6, 6.07) is 11.8. The van der Waals surface area contributed by atoms with Crippen molar-refractivity contribution in [3.63, 3.8) is 0 Å². The van der Waals surface area contributed by atoms with Gasteiger partial charge in [0.05, 0.1) is 18.2 Å². The molecule has 1 aromatic carbocycles. The highest BCUT2D eigenvalue weighted by atomic mass is 16.2. The number of nitrogens with zero attached hydrogens (tertiary/aromatic N) is 4. The number of rotatable bonds is 5. The Kier molecular flexibility index (Phi) is 5.94. The van der Waals surface area contributed by atoms with Gasteiger partial charge in [-0.25, -0.2) is 9.78 Å². The molecular formula is C23H19N5O3. The number of carbonyl (C=O) groups excluding carboxylic acids is 1.